The number of ether oxygens (including phenoxy) is 2. The van der Waals surface area contributed by atoms with Crippen LogP contribution in [0.25, 0.3) is 21.7 Å². The minimum absolute atomic E-state index is 0.114. The highest BCUT2D eigenvalue weighted by atomic mass is 16.5. The number of methoxy groups -OCH3 is 2. The summed E-state index contributed by atoms with van der Waals surface area (Å²) in [5.74, 6) is 0.959. The van der Waals surface area contributed by atoms with Gasteiger partial charge in [0.2, 0.25) is 5.76 Å². The van der Waals surface area contributed by atoms with Gasteiger partial charge >= 0.3 is 0 Å². The molecule has 0 spiro atoms. The minimum atomic E-state index is -0.577. The summed E-state index contributed by atoms with van der Waals surface area (Å²) >= 11 is 0. The molecule has 1 amide bonds. The van der Waals surface area contributed by atoms with E-state index in [9.17, 15) is 9.59 Å². The maximum Gasteiger partial charge on any atom is 0.290 e. The van der Waals surface area contributed by atoms with Gasteiger partial charge in [0, 0.05) is 11.9 Å². The number of rotatable bonds is 7. The van der Waals surface area contributed by atoms with Crippen LogP contribution in [-0.4, -0.2) is 57.1 Å². The maximum atomic E-state index is 13.9. The van der Waals surface area contributed by atoms with Crippen molar-refractivity contribution in [3.63, 3.8) is 0 Å². The lowest BCUT2D eigenvalue weighted by Gasteiger charge is -2.26. The fraction of sp³-hybridized carbons (Fsp3) is 0.286. The summed E-state index contributed by atoms with van der Waals surface area (Å²) in [5.41, 5.74) is 1.40. The predicted octanol–water partition coefficient (Wildman–Crippen LogP) is 4.46. The Balaban J connectivity index is 1.73. The Labute approximate surface area is 203 Å². The van der Waals surface area contributed by atoms with Crippen molar-refractivity contribution in [3.8, 4) is 11.5 Å². The Morgan fingerprint density at radius 1 is 0.943 bits per heavy atom. The highest BCUT2D eigenvalue weighted by molar-refractivity contribution is 6.06. The molecule has 1 aliphatic rings. The average molecular weight is 473 g/mol. The van der Waals surface area contributed by atoms with E-state index < -0.39 is 6.04 Å². The molecule has 7 nitrogen and oxygen atoms in total. The first-order valence-electron chi connectivity index (χ1n) is 11.6. The molecule has 180 valence electrons. The van der Waals surface area contributed by atoms with Gasteiger partial charge in [0.05, 0.1) is 31.2 Å². The summed E-state index contributed by atoms with van der Waals surface area (Å²) < 4.78 is 17.2. The first kappa shape index (κ1) is 22.9. The van der Waals surface area contributed by atoms with E-state index in [0.717, 1.165) is 29.3 Å². The Morgan fingerprint density at radius 3 is 2.46 bits per heavy atom. The van der Waals surface area contributed by atoms with Gasteiger partial charge in [0.25, 0.3) is 5.91 Å². The van der Waals surface area contributed by atoms with Crippen molar-refractivity contribution in [2.75, 3.05) is 41.4 Å². The van der Waals surface area contributed by atoms with Crippen LogP contribution in [0.3, 0.4) is 0 Å². The number of hydrogen-bond donors (Lipinski definition) is 0. The third-order valence-electron chi connectivity index (χ3n) is 6.59. The maximum absolute atomic E-state index is 13.9. The molecule has 1 unspecified atom stereocenters. The number of nitrogens with zero attached hydrogens (tertiary/aromatic N) is 2. The molecule has 3 aromatic carbocycles. The highest BCUT2D eigenvalue weighted by Gasteiger charge is 2.42. The van der Waals surface area contributed by atoms with Crippen LogP contribution < -0.4 is 14.9 Å². The second-order valence-electron chi connectivity index (χ2n) is 9.01. The third kappa shape index (κ3) is 3.82. The summed E-state index contributed by atoms with van der Waals surface area (Å²) in [4.78, 5) is 31.4. The standard InChI is InChI=1S/C28H28N2O5/c1-29(2)14-7-15-30-24(18-11-13-21(33-3)22(16-18)34-4)23-25(31)20-12-10-17-8-5-6-9-19(17)26(20)35-27(23)28(30)32/h5-6,8-13,16,24H,7,14-15H2,1-4H3. The zero-order valence-corrected chi connectivity index (χ0v) is 20.3. The fourth-order valence-electron chi connectivity index (χ4n) is 4.91. The summed E-state index contributed by atoms with van der Waals surface area (Å²) in [7, 11) is 7.13. The molecule has 0 fully saturated rings. The topological polar surface area (TPSA) is 72.2 Å². The van der Waals surface area contributed by atoms with Crippen LogP contribution >= 0.6 is 0 Å². The molecule has 1 aromatic heterocycles. The number of amides is 1. The molecule has 35 heavy (non-hydrogen) atoms. The SMILES string of the molecule is COc1ccc(C2c3c(oc4c(ccc5ccccc54)c3=O)C(=O)N2CCCN(C)C)cc1OC. The smallest absolute Gasteiger partial charge is 0.290 e. The van der Waals surface area contributed by atoms with E-state index in [-0.39, 0.29) is 17.1 Å². The van der Waals surface area contributed by atoms with Crippen molar-refractivity contribution in [1.29, 1.82) is 0 Å². The van der Waals surface area contributed by atoms with Gasteiger partial charge in [0.15, 0.2) is 16.9 Å². The lowest BCUT2D eigenvalue weighted by molar-refractivity contribution is 0.0722. The minimum Gasteiger partial charge on any atom is -0.493 e. The summed E-state index contributed by atoms with van der Waals surface area (Å²) in [5, 5.41) is 2.23. The predicted molar refractivity (Wildman–Crippen MR) is 136 cm³/mol. The van der Waals surface area contributed by atoms with Crippen LogP contribution in [0.5, 0.6) is 11.5 Å². The monoisotopic (exact) mass is 472 g/mol. The van der Waals surface area contributed by atoms with Gasteiger partial charge in [-0.05, 0) is 56.2 Å². The summed E-state index contributed by atoms with van der Waals surface area (Å²) in [6.07, 6.45) is 0.757. The Hall–Kier alpha value is -3.84. The zero-order valence-electron chi connectivity index (χ0n) is 20.3. The van der Waals surface area contributed by atoms with Gasteiger partial charge < -0.3 is 23.7 Å². The molecule has 0 bridgehead atoms. The zero-order chi connectivity index (χ0) is 24.7. The normalized spacial score (nSPS) is 15.3. The Bertz CT molecular complexity index is 1490. The van der Waals surface area contributed by atoms with Crippen molar-refractivity contribution < 1.29 is 18.7 Å². The third-order valence-corrected chi connectivity index (χ3v) is 6.59. The van der Waals surface area contributed by atoms with E-state index in [4.69, 9.17) is 13.9 Å². The van der Waals surface area contributed by atoms with Gasteiger partial charge in [-0.25, -0.2) is 0 Å². The van der Waals surface area contributed by atoms with Gasteiger partial charge in [-0.2, -0.15) is 0 Å². The fourth-order valence-corrected chi connectivity index (χ4v) is 4.91. The van der Waals surface area contributed by atoms with E-state index in [0.29, 0.717) is 34.6 Å². The molecule has 0 saturated carbocycles. The average Bonchev–Trinajstić information content (AvgIpc) is 3.15. The van der Waals surface area contributed by atoms with E-state index in [1.165, 1.54) is 0 Å². The van der Waals surface area contributed by atoms with Gasteiger partial charge in [-0.3, -0.25) is 9.59 Å². The molecule has 0 N–H and O–H groups in total. The van der Waals surface area contributed by atoms with Crippen molar-refractivity contribution in [2.24, 2.45) is 0 Å². The molecular formula is C28H28N2O5. The van der Waals surface area contributed by atoms with Crippen molar-refractivity contribution >= 4 is 27.6 Å². The number of benzene rings is 3. The van der Waals surface area contributed by atoms with Crippen LogP contribution in [0.2, 0.25) is 0 Å². The van der Waals surface area contributed by atoms with Crippen LogP contribution in [-0.2, 0) is 0 Å². The first-order valence-corrected chi connectivity index (χ1v) is 11.6. The van der Waals surface area contributed by atoms with Crippen molar-refractivity contribution in [2.45, 2.75) is 12.5 Å². The molecule has 0 saturated heterocycles. The molecule has 1 aliphatic heterocycles. The lowest BCUT2D eigenvalue weighted by Crippen LogP contribution is -2.32. The highest BCUT2D eigenvalue weighted by Crippen LogP contribution is 2.41. The van der Waals surface area contributed by atoms with Gasteiger partial charge in [-0.15, -0.1) is 0 Å². The van der Waals surface area contributed by atoms with E-state index in [1.807, 2.05) is 56.6 Å². The number of carbonyl (C=O) groups is 1. The van der Waals surface area contributed by atoms with Crippen LogP contribution in [0.15, 0.2) is 63.8 Å². The molecule has 1 atom stereocenters. The molecule has 2 heterocycles. The summed E-state index contributed by atoms with van der Waals surface area (Å²) in [6.45, 7) is 1.30. The molecule has 5 rings (SSSR count). The Morgan fingerprint density at radius 2 is 1.71 bits per heavy atom. The van der Waals surface area contributed by atoms with Gasteiger partial charge in [0.1, 0.15) is 5.58 Å². The second-order valence-corrected chi connectivity index (χ2v) is 9.01. The molecule has 0 radical (unpaired) electrons. The van der Waals surface area contributed by atoms with Crippen molar-refractivity contribution in [3.05, 3.63) is 81.7 Å². The first-order chi connectivity index (χ1) is 16.9. The molecule has 7 heteroatoms. The molecule has 0 aliphatic carbocycles. The molecular weight excluding hydrogens is 444 g/mol. The van der Waals surface area contributed by atoms with Crippen LogP contribution in [0.1, 0.15) is 34.1 Å². The largest absolute Gasteiger partial charge is 0.493 e. The molecule has 4 aromatic rings. The van der Waals surface area contributed by atoms with Crippen LogP contribution in [0.4, 0.5) is 0 Å². The second kappa shape index (κ2) is 9.07. The van der Waals surface area contributed by atoms with Crippen molar-refractivity contribution in [1.82, 2.24) is 9.80 Å². The van der Waals surface area contributed by atoms with Crippen LogP contribution in [0, 0.1) is 0 Å². The quantitative estimate of drug-likeness (QED) is 0.370. The Kier molecular flexibility index (Phi) is 5.94. The lowest BCUT2D eigenvalue weighted by atomic mass is 9.97. The summed E-state index contributed by atoms with van der Waals surface area (Å²) in [6, 6.07) is 16.3. The van der Waals surface area contributed by atoms with Gasteiger partial charge in [-0.1, -0.05) is 36.4 Å². The number of carbonyl (C=O) groups excluding carboxylic acids is 1. The number of hydrogen-bond acceptors (Lipinski definition) is 6. The van der Waals surface area contributed by atoms with E-state index in [1.54, 1.807) is 31.3 Å². The van der Waals surface area contributed by atoms with E-state index in [2.05, 4.69) is 4.90 Å². The van der Waals surface area contributed by atoms with E-state index >= 15 is 0 Å². The number of fused-ring (bicyclic) bond motifs is 4.